The van der Waals surface area contributed by atoms with Crippen molar-refractivity contribution in [2.75, 3.05) is 32.6 Å². The lowest BCUT2D eigenvalue weighted by Crippen LogP contribution is -2.25. The molecule has 0 heterocycles. The van der Waals surface area contributed by atoms with E-state index in [1.165, 1.54) is 7.05 Å². The number of benzene rings is 1. The van der Waals surface area contributed by atoms with E-state index < -0.39 is 5.97 Å². The predicted molar refractivity (Wildman–Crippen MR) is 65.1 cm³/mol. The van der Waals surface area contributed by atoms with E-state index in [1.807, 2.05) is 31.1 Å². The van der Waals surface area contributed by atoms with Crippen LogP contribution in [0.5, 0.6) is 0 Å². The minimum atomic E-state index is -0.501. The summed E-state index contributed by atoms with van der Waals surface area (Å²) in [5.41, 5.74) is 1.42. The molecule has 0 aliphatic heterocycles. The molecule has 0 aromatic heterocycles. The number of rotatable bonds is 4. The summed E-state index contributed by atoms with van der Waals surface area (Å²) in [6.07, 6.45) is 0. The van der Waals surface area contributed by atoms with Crippen LogP contribution in [-0.2, 0) is 9.53 Å². The third kappa shape index (κ3) is 3.79. The summed E-state index contributed by atoms with van der Waals surface area (Å²) >= 11 is 0. The van der Waals surface area contributed by atoms with E-state index in [-0.39, 0.29) is 12.5 Å². The number of anilines is 1. The maximum absolute atomic E-state index is 11.5. The molecule has 1 N–H and O–H groups in total. The van der Waals surface area contributed by atoms with Crippen molar-refractivity contribution in [1.82, 2.24) is 5.32 Å². The van der Waals surface area contributed by atoms with Crippen LogP contribution in [-0.4, -0.2) is 39.6 Å². The molecule has 1 amide bonds. The van der Waals surface area contributed by atoms with Gasteiger partial charge in [-0.05, 0) is 24.3 Å². The van der Waals surface area contributed by atoms with Gasteiger partial charge in [-0.3, -0.25) is 4.79 Å². The minimum Gasteiger partial charge on any atom is -0.452 e. The molecule has 0 saturated carbocycles. The zero-order valence-corrected chi connectivity index (χ0v) is 10.2. The largest absolute Gasteiger partial charge is 0.452 e. The molecular weight excluding hydrogens is 220 g/mol. The molecule has 0 aliphatic rings. The van der Waals surface area contributed by atoms with Gasteiger partial charge in [0, 0.05) is 26.8 Å². The van der Waals surface area contributed by atoms with Crippen LogP contribution in [0.15, 0.2) is 24.3 Å². The van der Waals surface area contributed by atoms with Crippen molar-refractivity contribution in [1.29, 1.82) is 0 Å². The fourth-order valence-electron chi connectivity index (χ4n) is 1.18. The van der Waals surface area contributed by atoms with Gasteiger partial charge in [-0.15, -0.1) is 0 Å². The third-order valence-corrected chi connectivity index (χ3v) is 2.23. The molecule has 5 nitrogen and oxygen atoms in total. The highest BCUT2D eigenvalue weighted by Gasteiger charge is 2.09. The Morgan fingerprint density at radius 2 is 1.82 bits per heavy atom. The van der Waals surface area contributed by atoms with Crippen LogP contribution >= 0.6 is 0 Å². The highest BCUT2D eigenvalue weighted by Crippen LogP contribution is 2.12. The molecular formula is C12H16N2O3. The highest BCUT2D eigenvalue weighted by atomic mass is 16.5. The average Bonchev–Trinajstić information content (AvgIpc) is 2.35. The van der Waals surface area contributed by atoms with Gasteiger partial charge in [-0.1, -0.05) is 0 Å². The number of esters is 1. The molecule has 0 bridgehead atoms. The lowest BCUT2D eigenvalue weighted by atomic mass is 10.2. The van der Waals surface area contributed by atoms with Gasteiger partial charge < -0.3 is 15.0 Å². The quantitative estimate of drug-likeness (QED) is 0.780. The number of amides is 1. The van der Waals surface area contributed by atoms with E-state index in [9.17, 15) is 9.59 Å². The summed E-state index contributed by atoms with van der Waals surface area (Å²) < 4.78 is 4.82. The lowest BCUT2D eigenvalue weighted by Gasteiger charge is -2.12. The topological polar surface area (TPSA) is 58.6 Å². The summed E-state index contributed by atoms with van der Waals surface area (Å²) in [6.45, 7) is -0.259. The molecule has 92 valence electrons. The molecule has 1 aromatic carbocycles. The van der Waals surface area contributed by atoms with Gasteiger partial charge in [-0.25, -0.2) is 4.79 Å². The van der Waals surface area contributed by atoms with Gasteiger partial charge >= 0.3 is 5.97 Å². The van der Waals surface area contributed by atoms with E-state index in [4.69, 9.17) is 4.74 Å². The van der Waals surface area contributed by atoms with Crippen molar-refractivity contribution in [3.63, 3.8) is 0 Å². The van der Waals surface area contributed by atoms with Crippen LogP contribution in [0.3, 0.4) is 0 Å². The van der Waals surface area contributed by atoms with Crippen molar-refractivity contribution in [3.8, 4) is 0 Å². The van der Waals surface area contributed by atoms with Crippen LogP contribution in [0.4, 0.5) is 5.69 Å². The van der Waals surface area contributed by atoms with Crippen molar-refractivity contribution < 1.29 is 14.3 Å². The van der Waals surface area contributed by atoms with E-state index in [1.54, 1.807) is 12.1 Å². The predicted octanol–water partition coefficient (Wildman–Crippen LogP) is 0.655. The number of likely N-dealkylation sites (N-methyl/N-ethyl adjacent to an activating group) is 1. The highest BCUT2D eigenvalue weighted by molar-refractivity contribution is 5.91. The monoisotopic (exact) mass is 236 g/mol. The first-order valence-corrected chi connectivity index (χ1v) is 5.19. The third-order valence-electron chi connectivity index (χ3n) is 2.23. The Bertz CT molecular complexity index is 399. The van der Waals surface area contributed by atoms with E-state index in [2.05, 4.69) is 5.32 Å². The number of nitrogens with zero attached hydrogens (tertiary/aromatic N) is 1. The normalized spacial score (nSPS) is 9.59. The van der Waals surface area contributed by atoms with Crippen LogP contribution < -0.4 is 10.2 Å². The standard InChI is InChI=1S/C12H16N2O3/c1-13-11(15)8-17-12(16)9-4-6-10(7-5-9)14(2)3/h4-7H,8H2,1-3H3,(H,13,15). The Hall–Kier alpha value is -2.04. The first-order valence-electron chi connectivity index (χ1n) is 5.19. The summed E-state index contributed by atoms with van der Waals surface area (Å²) in [5.74, 6) is -0.831. The second-order valence-corrected chi connectivity index (χ2v) is 3.69. The second kappa shape index (κ2) is 5.89. The van der Waals surface area contributed by atoms with E-state index >= 15 is 0 Å². The van der Waals surface area contributed by atoms with Crippen molar-refractivity contribution >= 4 is 17.6 Å². The number of carbonyl (C=O) groups is 2. The first kappa shape index (κ1) is 13.0. The van der Waals surface area contributed by atoms with Gasteiger partial charge in [0.25, 0.3) is 5.91 Å². The molecule has 0 saturated heterocycles. The maximum Gasteiger partial charge on any atom is 0.338 e. The molecule has 0 fully saturated rings. The zero-order chi connectivity index (χ0) is 12.8. The van der Waals surface area contributed by atoms with E-state index in [0.29, 0.717) is 5.56 Å². The van der Waals surface area contributed by atoms with Gasteiger partial charge in [0.15, 0.2) is 6.61 Å². The van der Waals surface area contributed by atoms with Crippen molar-refractivity contribution in [2.24, 2.45) is 0 Å². The Kier molecular flexibility index (Phi) is 4.51. The number of hydrogen-bond acceptors (Lipinski definition) is 4. The molecule has 0 radical (unpaired) electrons. The molecule has 0 unspecified atom stereocenters. The van der Waals surface area contributed by atoms with Gasteiger partial charge in [0.05, 0.1) is 5.56 Å². The summed E-state index contributed by atoms with van der Waals surface area (Å²) in [4.78, 5) is 24.4. The van der Waals surface area contributed by atoms with Crippen molar-refractivity contribution in [3.05, 3.63) is 29.8 Å². The van der Waals surface area contributed by atoms with Crippen LogP contribution in [0.25, 0.3) is 0 Å². The molecule has 5 heteroatoms. The minimum absolute atomic E-state index is 0.259. The SMILES string of the molecule is CNC(=O)COC(=O)c1ccc(N(C)C)cc1. The summed E-state index contributed by atoms with van der Waals surface area (Å²) in [5, 5.41) is 2.37. The molecule has 0 spiro atoms. The molecule has 0 atom stereocenters. The maximum atomic E-state index is 11.5. The summed E-state index contributed by atoms with van der Waals surface area (Å²) in [6, 6.07) is 6.97. The lowest BCUT2D eigenvalue weighted by molar-refractivity contribution is -0.123. The molecule has 17 heavy (non-hydrogen) atoms. The van der Waals surface area contributed by atoms with Gasteiger partial charge in [0.2, 0.25) is 0 Å². The van der Waals surface area contributed by atoms with Crippen LogP contribution in [0.2, 0.25) is 0 Å². The van der Waals surface area contributed by atoms with E-state index in [0.717, 1.165) is 5.69 Å². The van der Waals surface area contributed by atoms with Crippen LogP contribution in [0.1, 0.15) is 10.4 Å². The fraction of sp³-hybridized carbons (Fsp3) is 0.333. The van der Waals surface area contributed by atoms with Crippen LogP contribution in [0, 0.1) is 0 Å². The Morgan fingerprint density at radius 1 is 1.24 bits per heavy atom. The molecule has 0 aliphatic carbocycles. The fourth-order valence-corrected chi connectivity index (χ4v) is 1.18. The molecule has 1 rings (SSSR count). The first-order chi connectivity index (χ1) is 8.04. The Balaban J connectivity index is 2.61. The van der Waals surface area contributed by atoms with Gasteiger partial charge in [0.1, 0.15) is 0 Å². The van der Waals surface area contributed by atoms with Crippen molar-refractivity contribution in [2.45, 2.75) is 0 Å². The zero-order valence-electron chi connectivity index (χ0n) is 10.2. The number of hydrogen-bond donors (Lipinski definition) is 1. The average molecular weight is 236 g/mol. The Morgan fingerprint density at radius 3 is 2.29 bits per heavy atom. The number of nitrogens with one attached hydrogen (secondary N) is 1. The number of carbonyl (C=O) groups excluding carboxylic acids is 2. The van der Waals surface area contributed by atoms with Gasteiger partial charge in [-0.2, -0.15) is 0 Å². The Labute approximate surface area is 100 Å². The number of ether oxygens (including phenoxy) is 1. The molecule has 1 aromatic rings. The summed E-state index contributed by atoms with van der Waals surface area (Å²) in [7, 11) is 5.32. The smallest absolute Gasteiger partial charge is 0.338 e. The second-order valence-electron chi connectivity index (χ2n) is 3.69.